The monoisotopic (exact) mass is 436 g/mol. The molecule has 0 aliphatic carbocycles. The summed E-state index contributed by atoms with van der Waals surface area (Å²) in [6, 6.07) is 16.7. The molecule has 0 aliphatic rings. The minimum Gasteiger partial charge on any atom is -0.496 e. The van der Waals surface area contributed by atoms with E-state index in [2.05, 4.69) is 0 Å². The lowest BCUT2D eigenvalue weighted by molar-refractivity contribution is 0.0921. The van der Waals surface area contributed by atoms with E-state index in [1.54, 1.807) is 14.2 Å². The zero-order chi connectivity index (χ0) is 23.4. The number of hydrogen-bond donors (Lipinski definition) is 1. The predicted molar refractivity (Wildman–Crippen MR) is 124 cm³/mol. The maximum atomic E-state index is 13.2. The Balaban J connectivity index is 1.94. The van der Waals surface area contributed by atoms with E-state index >= 15 is 0 Å². The molecule has 168 valence electrons. The molecule has 0 amide bonds. The van der Waals surface area contributed by atoms with Crippen molar-refractivity contribution in [3.63, 3.8) is 0 Å². The molecule has 0 fully saturated rings. The van der Waals surface area contributed by atoms with Crippen LogP contribution in [-0.2, 0) is 13.6 Å². The smallest absolute Gasteiger partial charge is 0.332 e. The number of benzene rings is 2. The second kappa shape index (κ2) is 9.65. The lowest BCUT2D eigenvalue weighted by Gasteiger charge is -2.26. The Morgan fingerprint density at radius 1 is 1.09 bits per heavy atom. The van der Waals surface area contributed by atoms with Crippen LogP contribution in [0.2, 0.25) is 0 Å². The molecule has 0 unspecified atom stereocenters. The van der Waals surface area contributed by atoms with E-state index in [9.17, 15) is 14.4 Å². The largest absolute Gasteiger partial charge is 0.496 e. The molecule has 1 heterocycles. The first-order chi connectivity index (χ1) is 15.3. The Hall–Kier alpha value is -3.65. The molecular weight excluding hydrogens is 408 g/mol. The standard InChI is InChI=1S/C24H28N4O4/c1-16(18-12-8-9-13-20(18)32-4)26(2)15-19(29)21-22(25)28(24(31)27(3)23(21)30)14-17-10-6-5-7-11-17/h5-13,16H,14-15,25H2,1-4H3/t16-/m0/s1. The van der Waals surface area contributed by atoms with E-state index in [1.807, 2.05) is 66.4 Å². The summed E-state index contributed by atoms with van der Waals surface area (Å²) in [7, 11) is 4.73. The SMILES string of the molecule is COc1ccccc1[C@H](C)N(C)CC(=O)c1c(N)n(Cc2ccccc2)c(=O)n(C)c1=O. The molecule has 0 spiro atoms. The number of Topliss-reactive ketones (excluding diaryl/α,β-unsaturated/α-hetero) is 1. The van der Waals surface area contributed by atoms with Crippen LogP contribution in [0, 0.1) is 0 Å². The van der Waals surface area contributed by atoms with Crippen LogP contribution in [0.4, 0.5) is 5.82 Å². The van der Waals surface area contributed by atoms with Crippen LogP contribution in [0.3, 0.4) is 0 Å². The second-order valence-corrected chi connectivity index (χ2v) is 7.73. The number of hydrogen-bond acceptors (Lipinski definition) is 6. The number of anilines is 1. The summed E-state index contributed by atoms with van der Waals surface area (Å²) >= 11 is 0. The van der Waals surface area contributed by atoms with Crippen LogP contribution in [0.5, 0.6) is 5.75 Å². The first-order valence-electron chi connectivity index (χ1n) is 10.3. The fourth-order valence-electron chi connectivity index (χ4n) is 3.66. The number of ether oxygens (including phenoxy) is 1. The van der Waals surface area contributed by atoms with E-state index < -0.39 is 17.0 Å². The lowest BCUT2D eigenvalue weighted by atomic mass is 10.0. The average Bonchev–Trinajstić information content (AvgIpc) is 2.80. The molecule has 0 saturated carbocycles. The first kappa shape index (κ1) is 23.0. The predicted octanol–water partition coefficient (Wildman–Crippen LogP) is 2.06. The minimum absolute atomic E-state index is 0.0534. The van der Waals surface area contributed by atoms with Gasteiger partial charge in [0.15, 0.2) is 5.78 Å². The van der Waals surface area contributed by atoms with Gasteiger partial charge in [0.2, 0.25) is 0 Å². The highest BCUT2D eigenvalue weighted by atomic mass is 16.5. The number of rotatable bonds is 8. The topological polar surface area (TPSA) is 99.6 Å². The van der Waals surface area contributed by atoms with Crippen molar-refractivity contribution in [3.8, 4) is 5.75 Å². The normalized spacial score (nSPS) is 12.0. The number of ketones is 1. The van der Waals surface area contributed by atoms with Crippen LogP contribution >= 0.6 is 0 Å². The molecule has 2 N–H and O–H groups in total. The molecule has 1 aromatic heterocycles. The Morgan fingerprint density at radius 2 is 1.72 bits per heavy atom. The van der Waals surface area contributed by atoms with Crippen LogP contribution < -0.4 is 21.7 Å². The maximum absolute atomic E-state index is 13.2. The minimum atomic E-state index is -0.694. The summed E-state index contributed by atoms with van der Waals surface area (Å²) in [6.07, 6.45) is 0. The third-order valence-corrected chi connectivity index (χ3v) is 5.69. The van der Waals surface area contributed by atoms with Crippen LogP contribution in [-0.4, -0.2) is 40.5 Å². The Morgan fingerprint density at radius 3 is 2.38 bits per heavy atom. The third-order valence-electron chi connectivity index (χ3n) is 5.69. The molecule has 0 radical (unpaired) electrons. The zero-order valence-corrected chi connectivity index (χ0v) is 18.7. The number of nitrogens with zero attached hydrogens (tertiary/aromatic N) is 3. The molecule has 3 rings (SSSR count). The fourth-order valence-corrected chi connectivity index (χ4v) is 3.66. The van der Waals surface area contributed by atoms with Gasteiger partial charge < -0.3 is 10.5 Å². The molecular formula is C24H28N4O4. The molecule has 8 heteroatoms. The van der Waals surface area contributed by atoms with Crippen LogP contribution in [0.1, 0.15) is 34.5 Å². The van der Waals surface area contributed by atoms with Crippen molar-refractivity contribution in [2.45, 2.75) is 19.5 Å². The van der Waals surface area contributed by atoms with Gasteiger partial charge in [0, 0.05) is 18.7 Å². The van der Waals surface area contributed by atoms with Crippen molar-refractivity contribution >= 4 is 11.6 Å². The third kappa shape index (κ3) is 4.50. The number of methoxy groups -OCH3 is 1. The fraction of sp³-hybridized carbons (Fsp3) is 0.292. The summed E-state index contributed by atoms with van der Waals surface area (Å²) < 4.78 is 7.61. The van der Waals surface area contributed by atoms with Gasteiger partial charge in [-0.15, -0.1) is 0 Å². The number of aromatic nitrogens is 2. The van der Waals surface area contributed by atoms with E-state index in [1.165, 1.54) is 11.6 Å². The van der Waals surface area contributed by atoms with Gasteiger partial charge >= 0.3 is 5.69 Å². The Bertz CT molecular complexity index is 1230. The molecule has 2 aromatic carbocycles. The molecule has 32 heavy (non-hydrogen) atoms. The summed E-state index contributed by atoms with van der Waals surface area (Å²) in [4.78, 5) is 40.5. The van der Waals surface area contributed by atoms with Gasteiger partial charge in [-0.25, -0.2) is 4.79 Å². The van der Waals surface area contributed by atoms with E-state index in [4.69, 9.17) is 10.5 Å². The number of para-hydroxylation sites is 1. The van der Waals surface area contributed by atoms with E-state index in [0.29, 0.717) is 5.75 Å². The average molecular weight is 437 g/mol. The Labute approximate surface area is 186 Å². The van der Waals surface area contributed by atoms with Gasteiger partial charge in [-0.1, -0.05) is 48.5 Å². The number of nitrogens with two attached hydrogens (primary N) is 1. The van der Waals surface area contributed by atoms with Crippen molar-refractivity contribution in [2.24, 2.45) is 7.05 Å². The molecule has 8 nitrogen and oxygen atoms in total. The molecule has 3 aromatic rings. The number of carbonyl (C=O) groups is 1. The summed E-state index contributed by atoms with van der Waals surface area (Å²) in [5, 5.41) is 0. The number of nitrogen functional groups attached to an aromatic ring is 1. The summed E-state index contributed by atoms with van der Waals surface area (Å²) in [5.74, 6) is 0.144. The highest BCUT2D eigenvalue weighted by Crippen LogP contribution is 2.28. The molecule has 0 saturated heterocycles. The zero-order valence-electron chi connectivity index (χ0n) is 18.7. The highest BCUT2D eigenvalue weighted by molar-refractivity contribution is 6.01. The maximum Gasteiger partial charge on any atom is 0.332 e. The van der Waals surface area contributed by atoms with Crippen molar-refractivity contribution in [2.75, 3.05) is 26.4 Å². The van der Waals surface area contributed by atoms with Gasteiger partial charge in [0.1, 0.15) is 17.1 Å². The highest BCUT2D eigenvalue weighted by Gasteiger charge is 2.25. The van der Waals surface area contributed by atoms with E-state index in [-0.39, 0.29) is 30.5 Å². The van der Waals surface area contributed by atoms with Crippen molar-refractivity contribution in [3.05, 3.63) is 92.1 Å². The molecule has 0 bridgehead atoms. The van der Waals surface area contributed by atoms with Crippen molar-refractivity contribution in [1.29, 1.82) is 0 Å². The first-order valence-corrected chi connectivity index (χ1v) is 10.3. The quantitative estimate of drug-likeness (QED) is 0.543. The second-order valence-electron chi connectivity index (χ2n) is 7.73. The van der Waals surface area contributed by atoms with Crippen LogP contribution in [0.25, 0.3) is 0 Å². The Kier molecular flexibility index (Phi) is 6.95. The van der Waals surface area contributed by atoms with Gasteiger partial charge in [-0.05, 0) is 25.6 Å². The lowest BCUT2D eigenvalue weighted by Crippen LogP contribution is -2.44. The van der Waals surface area contributed by atoms with E-state index in [0.717, 1.165) is 15.7 Å². The van der Waals surface area contributed by atoms with Crippen molar-refractivity contribution in [1.82, 2.24) is 14.0 Å². The number of carbonyl (C=O) groups excluding carboxylic acids is 1. The van der Waals surface area contributed by atoms with Gasteiger partial charge in [0.25, 0.3) is 5.56 Å². The summed E-state index contributed by atoms with van der Waals surface area (Å²) in [5.41, 5.74) is 6.51. The molecule has 0 aliphatic heterocycles. The van der Waals surface area contributed by atoms with Crippen LogP contribution in [0.15, 0.2) is 64.2 Å². The van der Waals surface area contributed by atoms with Gasteiger partial charge in [-0.2, -0.15) is 0 Å². The van der Waals surface area contributed by atoms with Gasteiger partial charge in [-0.3, -0.25) is 23.6 Å². The number of likely N-dealkylation sites (N-methyl/N-ethyl adjacent to an activating group) is 1. The van der Waals surface area contributed by atoms with Gasteiger partial charge in [0.05, 0.1) is 20.2 Å². The summed E-state index contributed by atoms with van der Waals surface area (Å²) in [6.45, 7) is 2.05. The molecule has 1 atom stereocenters. The van der Waals surface area contributed by atoms with Crippen molar-refractivity contribution < 1.29 is 9.53 Å².